The second-order valence-electron chi connectivity index (χ2n) is 21.9. The van der Waals surface area contributed by atoms with Crippen LogP contribution in [0.1, 0.15) is 163 Å². The summed E-state index contributed by atoms with van der Waals surface area (Å²) in [7, 11) is 0. The summed E-state index contributed by atoms with van der Waals surface area (Å²) in [5, 5.41) is 33.1. The van der Waals surface area contributed by atoms with Crippen LogP contribution in [0.25, 0.3) is 0 Å². The van der Waals surface area contributed by atoms with Gasteiger partial charge in [-0.2, -0.15) is 0 Å². The fourth-order valence-electron chi connectivity index (χ4n) is 8.22. The van der Waals surface area contributed by atoms with Crippen molar-refractivity contribution in [3.05, 3.63) is 115 Å². The summed E-state index contributed by atoms with van der Waals surface area (Å²) in [5.74, 6) is -2.22. The van der Waals surface area contributed by atoms with Crippen molar-refractivity contribution in [2.45, 2.75) is 144 Å². The van der Waals surface area contributed by atoms with Gasteiger partial charge >= 0.3 is 17.9 Å². The minimum atomic E-state index is -1.17. The van der Waals surface area contributed by atoms with Crippen LogP contribution >= 0.6 is 0 Å². The maximum atomic E-state index is 13.3. The largest absolute Gasteiger partial charge is 0.483 e. The average Bonchev–Trinajstić information content (AvgIpc) is 3.19. The number of carbonyl (C=O) groups excluding carboxylic acids is 1. The summed E-state index contributed by atoms with van der Waals surface area (Å²) in [6, 6.07) is 16.3. The number of benzene rings is 4. The molecule has 67 heavy (non-hydrogen) atoms. The van der Waals surface area contributed by atoms with E-state index in [1.165, 1.54) is 0 Å². The van der Waals surface area contributed by atoms with E-state index < -0.39 is 43.1 Å². The van der Waals surface area contributed by atoms with Crippen LogP contribution in [-0.2, 0) is 66.5 Å². The van der Waals surface area contributed by atoms with Gasteiger partial charge in [0.1, 0.15) is 23.0 Å². The average molecular weight is 922 g/mol. The Hall–Kier alpha value is -6.04. The normalized spacial score (nSPS) is 13.1. The van der Waals surface area contributed by atoms with Gasteiger partial charge in [0.15, 0.2) is 26.4 Å². The molecule has 1 aliphatic carbocycles. The molecule has 4 N–H and O–H groups in total. The van der Waals surface area contributed by atoms with Gasteiger partial charge in [0, 0.05) is 32.2 Å². The number of nitrogens with one attached hydrogen (secondary N) is 1. The third-order valence-corrected chi connectivity index (χ3v) is 11.9. The number of carboxylic acid groups (broad SMARTS) is 3. The van der Waals surface area contributed by atoms with E-state index in [-0.39, 0.29) is 54.4 Å². The van der Waals surface area contributed by atoms with Crippen molar-refractivity contribution < 1.29 is 53.4 Å². The summed E-state index contributed by atoms with van der Waals surface area (Å²) in [6.07, 6.45) is 1.50. The monoisotopic (exact) mass is 922 g/mol. The molecule has 0 spiro atoms. The Morgan fingerprint density at radius 3 is 0.806 bits per heavy atom. The van der Waals surface area contributed by atoms with E-state index >= 15 is 0 Å². The molecule has 362 valence electrons. The van der Waals surface area contributed by atoms with Crippen LogP contribution in [-0.4, -0.2) is 72.1 Å². The number of hydrogen-bond donors (Lipinski definition) is 4. The molecular formula is C55H71NO11. The summed E-state index contributed by atoms with van der Waals surface area (Å²) in [6.45, 7) is 25.5. The van der Waals surface area contributed by atoms with Gasteiger partial charge in [0.25, 0.3) is 5.91 Å². The van der Waals surface area contributed by atoms with E-state index in [4.69, 9.17) is 18.9 Å². The Bertz CT molecular complexity index is 2370. The number of carboxylic acids is 3. The Labute approximate surface area is 396 Å². The second-order valence-corrected chi connectivity index (χ2v) is 21.9. The van der Waals surface area contributed by atoms with E-state index in [1.54, 1.807) is 0 Å². The lowest BCUT2D eigenvalue weighted by Gasteiger charge is -2.29. The Morgan fingerprint density at radius 2 is 0.627 bits per heavy atom. The lowest BCUT2D eigenvalue weighted by Crippen LogP contribution is -2.29. The number of fused-ring (bicyclic) bond motifs is 8. The molecule has 0 aromatic heterocycles. The zero-order valence-electron chi connectivity index (χ0n) is 41.8. The number of hydrogen-bond acceptors (Lipinski definition) is 8. The first kappa shape index (κ1) is 51.9. The molecule has 12 nitrogen and oxygen atoms in total. The molecule has 4 aromatic carbocycles. The van der Waals surface area contributed by atoms with Gasteiger partial charge in [-0.05, 0) is 94.8 Å². The Balaban J connectivity index is 2.04. The van der Waals surface area contributed by atoms with E-state index in [0.29, 0.717) is 62.9 Å². The molecule has 0 fully saturated rings. The van der Waals surface area contributed by atoms with E-state index in [2.05, 4.69) is 101 Å². The molecule has 4 aromatic rings. The van der Waals surface area contributed by atoms with Crippen LogP contribution in [0.5, 0.6) is 23.0 Å². The molecule has 0 heterocycles. The summed E-state index contributed by atoms with van der Waals surface area (Å²) < 4.78 is 25.6. The first-order valence-corrected chi connectivity index (χ1v) is 23.1. The van der Waals surface area contributed by atoms with Crippen LogP contribution in [0.4, 0.5) is 0 Å². The SMILES string of the molecule is CCCNC(=O)COc1c2cc(C(C)(C)C)cc1Cc1cc(C(C)(C)C)cc(c1OCC(=O)O)Cc1cc(C(C)(C)C)cc(c1OCC(=O)O)Cc1cc(C(C)(C)C)cc(c1OCC(=O)O)C2. The molecule has 1 amide bonds. The molecule has 8 bridgehead atoms. The third kappa shape index (κ3) is 13.5. The van der Waals surface area contributed by atoms with Crippen molar-refractivity contribution in [1.82, 2.24) is 5.32 Å². The summed E-state index contributed by atoms with van der Waals surface area (Å²) in [5.41, 5.74) is 7.81. The fraction of sp³-hybridized carbons (Fsp3) is 0.491. The maximum absolute atomic E-state index is 13.3. The first-order valence-electron chi connectivity index (χ1n) is 23.1. The summed E-state index contributed by atoms with van der Waals surface area (Å²) in [4.78, 5) is 50.2. The molecule has 0 aliphatic heterocycles. The molecule has 12 heteroatoms. The smallest absolute Gasteiger partial charge is 0.341 e. The molecule has 0 atom stereocenters. The molecule has 0 unspecified atom stereocenters. The van der Waals surface area contributed by atoms with E-state index in [1.807, 2.05) is 43.3 Å². The van der Waals surface area contributed by atoms with Gasteiger partial charge in [0.2, 0.25) is 0 Å². The Kier molecular flexibility index (Phi) is 15.9. The second kappa shape index (κ2) is 20.4. The lowest BCUT2D eigenvalue weighted by molar-refractivity contribution is -0.140. The van der Waals surface area contributed by atoms with Crippen LogP contribution in [0, 0.1) is 0 Å². The highest BCUT2D eigenvalue weighted by Crippen LogP contribution is 2.44. The van der Waals surface area contributed by atoms with Gasteiger partial charge in [-0.1, -0.05) is 139 Å². The van der Waals surface area contributed by atoms with Crippen LogP contribution in [0.15, 0.2) is 48.5 Å². The van der Waals surface area contributed by atoms with Crippen molar-refractivity contribution in [1.29, 1.82) is 0 Å². The van der Waals surface area contributed by atoms with Crippen LogP contribution in [0.3, 0.4) is 0 Å². The highest BCUT2D eigenvalue weighted by atomic mass is 16.5. The minimum Gasteiger partial charge on any atom is -0.483 e. The predicted molar refractivity (Wildman–Crippen MR) is 260 cm³/mol. The number of aliphatic carboxylic acids is 3. The molecule has 0 saturated heterocycles. The van der Waals surface area contributed by atoms with Crippen LogP contribution < -0.4 is 24.3 Å². The third-order valence-electron chi connectivity index (χ3n) is 11.9. The zero-order chi connectivity index (χ0) is 49.8. The molecule has 0 saturated carbocycles. The van der Waals surface area contributed by atoms with Gasteiger partial charge in [-0.25, -0.2) is 14.4 Å². The van der Waals surface area contributed by atoms with Crippen molar-refractivity contribution in [3.63, 3.8) is 0 Å². The lowest BCUT2D eigenvalue weighted by atomic mass is 9.79. The van der Waals surface area contributed by atoms with E-state index in [9.17, 15) is 34.5 Å². The molecular weight excluding hydrogens is 851 g/mol. The number of carbonyl (C=O) groups is 4. The molecule has 5 rings (SSSR count). The van der Waals surface area contributed by atoms with Gasteiger partial charge in [-0.15, -0.1) is 0 Å². The predicted octanol–water partition coefficient (Wildman–Crippen LogP) is 9.85. The maximum Gasteiger partial charge on any atom is 0.341 e. The summed E-state index contributed by atoms with van der Waals surface area (Å²) >= 11 is 0. The fourth-order valence-corrected chi connectivity index (χ4v) is 8.22. The zero-order valence-corrected chi connectivity index (χ0v) is 41.8. The first-order chi connectivity index (χ1) is 31.0. The number of ether oxygens (including phenoxy) is 4. The topological polar surface area (TPSA) is 178 Å². The number of amides is 1. The standard InChI is InChI=1S/C55H71NO11/c1-14-15-56-44(57)28-64-48-32-16-34-22-41(53(5,6)7)24-36(49(34)65-29-45(58)59)18-38-26-43(55(11,12)13)27-39(51(38)67-31-47(62)63)19-37-25-42(54(8,9)10)23-35(50(37)66-30-46(60)61)17-33(48)21-40(20-32)52(2,3)4/h20-27H,14-19,28-31H2,1-13H3,(H,56,57)(H,58,59)(H,60,61)(H,62,63). The van der Waals surface area contributed by atoms with Gasteiger partial charge < -0.3 is 39.6 Å². The van der Waals surface area contributed by atoms with Crippen molar-refractivity contribution in [2.75, 3.05) is 33.0 Å². The van der Waals surface area contributed by atoms with Crippen molar-refractivity contribution in [2.24, 2.45) is 0 Å². The van der Waals surface area contributed by atoms with Crippen molar-refractivity contribution >= 4 is 23.8 Å². The van der Waals surface area contributed by atoms with Crippen LogP contribution in [0.2, 0.25) is 0 Å². The van der Waals surface area contributed by atoms with Crippen molar-refractivity contribution in [3.8, 4) is 23.0 Å². The van der Waals surface area contributed by atoms with Gasteiger partial charge in [0.05, 0.1) is 0 Å². The molecule has 1 aliphatic rings. The van der Waals surface area contributed by atoms with Gasteiger partial charge in [-0.3, -0.25) is 4.79 Å². The molecule has 0 radical (unpaired) electrons. The number of rotatable bonds is 14. The quantitative estimate of drug-likeness (QED) is 0.0834. The highest BCUT2D eigenvalue weighted by molar-refractivity contribution is 5.77. The van der Waals surface area contributed by atoms with E-state index in [0.717, 1.165) is 39.8 Å². The Morgan fingerprint density at radius 1 is 0.418 bits per heavy atom. The highest BCUT2D eigenvalue weighted by Gasteiger charge is 2.30. The minimum absolute atomic E-state index is 0.168.